The van der Waals surface area contributed by atoms with Gasteiger partial charge in [0.1, 0.15) is 0 Å². The van der Waals surface area contributed by atoms with Crippen molar-refractivity contribution in [3.05, 3.63) is 29.8 Å². The van der Waals surface area contributed by atoms with Crippen LogP contribution in [0, 0.1) is 0 Å². The van der Waals surface area contributed by atoms with E-state index in [9.17, 15) is 0 Å². The largest absolute Gasteiger partial charge is 0.395 e. The van der Waals surface area contributed by atoms with E-state index in [0.717, 1.165) is 12.8 Å². The third-order valence-corrected chi connectivity index (χ3v) is 3.58. The van der Waals surface area contributed by atoms with E-state index in [-0.39, 0.29) is 0 Å². The number of fused-ring (bicyclic) bond motifs is 1. The summed E-state index contributed by atoms with van der Waals surface area (Å²) in [5.74, 6) is 0. The number of benzene rings is 1. The molecular weight excluding hydrogens is 168 g/mol. The zero-order valence-electron chi connectivity index (χ0n) is 6.86. The first kappa shape index (κ1) is 8.14. The van der Waals surface area contributed by atoms with Crippen molar-refractivity contribution in [2.24, 2.45) is 0 Å². The van der Waals surface area contributed by atoms with Crippen molar-refractivity contribution >= 4 is 11.8 Å². The Morgan fingerprint density at radius 3 is 3.08 bits per heavy atom. The quantitative estimate of drug-likeness (QED) is 0.714. The van der Waals surface area contributed by atoms with Crippen molar-refractivity contribution in [3.63, 3.8) is 0 Å². The molecule has 1 atom stereocenters. The van der Waals surface area contributed by atoms with Gasteiger partial charge in [0.15, 0.2) is 0 Å². The van der Waals surface area contributed by atoms with Gasteiger partial charge in [0.05, 0.1) is 6.61 Å². The molecule has 1 nitrogen and oxygen atoms in total. The zero-order valence-corrected chi connectivity index (χ0v) is 7.68. The molecule has 2 heteroatoms. The van der Waals surface area contributed by atoms with E-state index in [0.29, 0.717) is 11.9 Å². The topological polar surface area (TPSA) is 20.2 Å². The summed E-state index contributed by atoms with van der Waals surface area (Å²) in [7, 11) is 0. The van der Waals surface area contributed by atoms with Gasteiger partial charge in [-0.2, -0.15) is 0 Å². The zero-order chi connectivity index (χ0) is 8.39. The summed E-state index contributed by atoms with van der Waals surface area (Å²) in [5, 5.41) is 9.41. The van der Waals surface area contributed by atoms with Gasteiger partial charge < -0.3 is 5.11 Å². The molecule has 0 fully saturated rings. The van der Waals surface area contributed by atoms with Crippen LogP contribution in [0.15, 0.2) is 29.2 Å². The molecule has 0 saturated carbocycles. The monoisotopic (exact) mass is 180 g/mol. The van der Waals surface area contributed by atoms with Crippen LogP contribution < -0.4 is 0 Å². The summed E-state index contributed by atoms with van der Waals surface area (Å²) in [4.78, 5) is 1.35. The first-order chi connectivity index (χ1) is 5.90. The van der Waals surface area contributed by atoms with E-state index in [1.807, 2.05) is 0 Å². The minimum absolute atomic E-state index is 0.305. The highest BCUT2D eigenvalue weighted by molar-refractivity contribution is 8.00. The first-order valence-electron chi connectivity index (χ1n) is 4.25. The van der Waals surface area contributed by atoms with Gasteiger partial charge in [-0.15, -0.1) is 11.8 Å². The maximum absolute atomic E-state index is 9.00. The summed E-state index contributed by atoms with van der Waals surface area (Å²) < 4.78 is 0. The number of hydrogen-bond acceptors (Lipinski definition) is 2. The molecule has 1 aromatic carbocycles. The standard InChI is InChI=1S/C10H12OS/c11-7-9-6-5-8-3-1-2-4-10(8)12-9/h1-4,9,11H,5-7H2. The lowest BCUT2D eigenvalue weighted by Crippen LogP contribution is -2.14. The highest BCUT2D eigenvalue weighted by Crippen LogP contribution is 2.34. The molecule has 0 aliphatic carbocycles. The lowest BCUT2D eigenvalue weighted by Gasteiger charge is -2.21. The van der Waals surface area contributed by atoms with Gasteiger partial charge in [-0.3, -0.25) is 0 Å². The minimum atomic E-state index is 0.305. The fourth-order valence-electron chi connectivity index (χ4n) is 1.51. The first-order valence-corrected chi connectivity index (χ1v) is 5.13. The molecule has 1 aliphatic rings. The van der Waals surface area contributed by atoms with Crippen molar-refractivity contribution in [1.29, 1.82) is 0 Å². The molecule has 0 aromatic heterocycles. The third-order valence-electron chi connectivity index (χ3n) is 2.21. The van der Waals surface area contributed by atoms with Gasteiger partial charge in [-0.05, 0) is 24.5 Å². The van der Waals surface area contributed by atoms with E-state index in [1.54, 1.807) is 11.8 Å². The van der Waals surface area contributed by atoms with Gasteiger partial charge in [0, 0.05) is 10.1 Å². The molecule has 0 amide bonds. The van der Waals surface area contributed by atoms with Crippen LogP contribution in [0.2, 0.25) is 0 Å². The van der Waals surface area contributed by atoms with Crippen molar-refractivity contribution < 1.29 is 5.11 Å². The summed E-state index contributed by atoms with van der Waals surface area (Å²) in [5.41, 5.74) is 1.44. The average molecular weight is 180 g/mol. The molecule has 1 heterocycles. The van der Waals surface area contributed by atoms with Crippen molar-refractivity contribution in [1.82, 2.24) is 0 Å². The lowest BCUT2D eigenvalue weighted by atomic mass is 10.1. The SMILES string of the molecule is OCC1CCc2ccccc2S1. The average Bonchev–Trinajstić information content (AvgIpc) is 2.17. The number of thioether (sulfide) groups is 1. The molecule has 0 radical (unpaired) electrons. The minimum Gasteiger partial charge on any atom is -0.395 e. The maximum atomic E-state index is 9.00. The Kier molecular flexibility index (Phi) is 2.38. The summed E-state index contributed by atoms with van der Waals surface area (Å²) in [6.07, 6.45) is 2.23. The number of aliphatic hydroxyl groups excluding tert-OH is 1. The molecule has 64 valence electrons. The number of hydrogen-bond donors (Lipinski definition) is 1. The number of rotatable bonds is 1. The molecule has 1 unspecified atom stereocenters. The summed E-state index contributed by atoms with van der Waals surface area (Å²) >= 11 is 1.81. The molecule has 1 aliphatic heterocycles. The summed E-state index contributed by atoms with van der Waals surface area (Å²) in [6.45, 7) is 0.305. The van der Waals surface area contributed by atoms with Crippen LogP contribution in [0.4, 0.5) is 0 Å². The molecule has 12 heavy (non-hydrogen) atoms. The van der Waals surface area contributed by atoms with Crippen LogP contribution in [0.3, 0.4) is 0 Å². The van der Waals surface area contributed by atoms with Gasteiger partial charge in [-0.1, -0.05) is 18.2 Å². The van der Waals surface area contributed by atoms with Gasteiger partial charge in [0.25, 0.3) is 0 Å². The van der Waals surface area contributed by atoms with Gasteiger partial charge in [-0.25, -0.2) is 0 Å². The second-order valence-corrected chi connectivity index (χ2v) is 4.41. The van der Waals surface area contributed by atoms with E-state index < -0.39 is 0 Å². The normalized spacial score (nSPS) is 21.9. The van der Waals surface area contributed by atoms with Crippen LogP contribution in [0.25, 0.3) is 0 Å². The van der Waals surface area contributed by atoms with Crippen LogP contribution in [0.1, 0.15) is 12.0 Å². The van der Waals surface area contributed by atoms with Crippen LogP contribution in [0.5, 0.6) is 0 Å². The molecule has 0 saturated heterocycles. The van der Waals surface area contributed by atoms with E-state index in [1.165, 1.54) is 10.5 Å². The van der Waals surface area contributed by atoms with E-state index in [4.69, 9.17) is 5.11 Å². The number of aryl methyl sites for hydroxylation is 1. The Hall–Kier alpha value is -0.470. The predicted molar refractivity (Wildman–Crippen MR) is 51.5 cm³/mol. The highest BCUT2D eigenvalue weighted by Gasteiger charge is 2.17. The smallest absolute Gasteiger partial charge is 0.0553 e. The van der Waals surface area contributed by atoms with Gasteiger partial charge >= 0.3 is 0 Å². The van der Waals surface area contributed by atoms with Crippen molar-refractivity contribution in [2.45, 2.75) is 23.0 Å². The second kappa shape index (κ2) is 3.50. The maximum Gasteiger partial charge on any atom is 0.0553 e. The Morgan fingerprint density at radius 1 is 1.42 bits per heavy atom. The van der Waals surface area contributed by atoms with E-state index >= 15 is 0 Å². The fourth-order valence-corrected chi connectivity index (χ4v) is 2.66. The van der Waals surface area contributed by atoms with Gasteiger partial charge in [0.2, 0.25) is 0 Å². The molecular formula is C10H12OS. The third kappa shape index (κ3) is 1.50. The molecule has 0 spiro atoms. The summed E-state index contributed by atoms with van der Waals surface area (Å²) in [6, 6.07) is 8.46. The Morgan fingerprint density at radius 2 is 2.25 bits per heavy atom. The van der Waals surface area contributed by atoms with E-state index in [2.05, 4.69) is 24.3 Å². The van der Waals surface area contributed by atoms with Crippen molar-refractivity contribution in [2.75, 3.05) is 6.61 Å². The molecule has 0 bridgehead atoms. The Balaban J connectivity index is 2.23. The predicted octanol–water partition coefficient (Wildman–Crippen LogP) is 2.09. The highest BCUT2D eigenvalue weighted by atomic mass is 32.2. The molecule has 1 aromatic rings. The van der Waals surface area contributed by atoms with Crippen LogP contribution >= 0.6 is 11.8 Å². The fraction of sp³-hybridized carbons (Fsp3) is 0.400. The van der Waals surface area contributed by atoms with Crippen LogP contribution in [-0.2, 0) is 6.42 Å². The second-order valence-electron chi connectivity index (χ2n) is 3.07. The van der Waals surface area contributed by atoms with Crippen molar-refractivity contribution in [3.8, 4) is 0 Å². The molecule has 2 rings (SSSR count). The Labute approximate surface area is 76.8 Å². The molecule has 1 N–H and O–H groups in total. The van der Waals surface area contributed by atoms with Crippen LogP contribution in [-0.4, -0.2) is 17.0 Å². The Bertz CT molecular complexity index is 272. The lowest BCUT2D eigenvalue weighted by molar-refractivity contribution is 0.289. The number of aliphatic hydroxyl groups is 1.